The summed E-state index contributed by atoms with van der Waals surface area (Å²) in [6.45, 7) is 1.97. The molecular weight excluding hydrogens is 441 g/mol. The van der Waals surface area contributed by atoms with Gasteiger partial charge in [-0.2, -0.15) is 0 Å². The van der Waals surface area contributed by atoms with Crippen LogP contribution in [0, 0.1) is 5.82 Å². The molecule has 3 aromatic carbocycles. The second-order valence-electron chi connectivity index (χ2n) is 9.01. The maximum absolute atomic E-state index is 14.0. The Morgan fingerprint density at radius 1 is 0.943 bits per heavy atom. The second kappa shape index (κ2) is 10.1. The summed E-state index contributed by atoms with van der Waals surface area (Å²) in [5.41, 5.74) is 5.24. The Hall–Kier alpha value is -3.93. The summed E-state index contributed by atoms with van der Waals surface area (Å²) in [6, 6.07) is 22.0. The zero-order chi connectivity index (χ0) is 24.2. The monoisotopic (exact) mass is 469 g/mol. The molecule has 1 aliphatic heterocycles. The predicted molar refractivity (Wildman–Crippen MR) is 135 cm³/mol. The number of fused-ring (bicyclic) bond motifs is 1. The van der Waals surface area contributed by atoms with Crippen LogP contribution in [0.25, 0.3) is 22.2 Å². The number of amides is 2. The van der Waals surface area contributed by atoms with Gasteiger partial charge in [0.2, 0.25) is 5.91 Å². The van der Waals surface area contributed by atoms with Gasteiger partial charge in [-0.15, -0.1) is 0 Å². The molecule has 5 rings (SSSR count). The van der Waals surface area contributed by atoms with Crippen LogP contribution in [-0.4, -0.2) is 34.8 Å². The van der Waals surface area contributed by atoms with Gasteiger partial charge in [-0.25, -0.2) is 4.39 Å². The molecule has 0 radical (unpaired) electrons. The minimum atomic E-state index is -0.301. The van der Waals surface area contributed by atoms with Gasteiger partial charge in [0.1, 0.15) is 5.82 Å². The zero-order valence-electron chi connectivity index (χ0n) is 19.5. The Kier molecular flexibility index (Phi) is 6.62. The molecule has 1 aliphatic rings. The maximum atomic E-state index is 14.0. The van der Waals surface area contributed by atoms with Gasteiger partial charge >= 0.3 is 0 Å². The van der Waals surface area contributed by atoms with Gasteiger partial charge in [0.05, 0.1) is 0 Å². The van der Waals surface area contributed by atoms with E-state index in [9.17, 15) is 14.0 Å². The lowest BCUT2D eigenvalue weighted by molar-refractivity contribution is -0.121. The fourth-order valence-electron chi connectivity index (χ4n) is 4.78. The fourth-order valence-corrected chi connectivity index (χ4v) is 4.78. The highest BCUT2D eigenvalue weighted by Gasteiger charge is 2.20. The highest BCUT2D eigenvalue weighted by molar-refractivity contribution is 5.94. The molecule has 0 bridgehead atoms. The molecular formula is C29H28FN3O2. The van der Waals surface area contributed by atoms with Crippen LogP contribution in [-0.2, 0) is 17.8 Å². The number of carbonyl (C=O) groups is 2. The molecule has 178 valence electrons. The Labute approximate surface area is 204 Å². The van der Waals surface area contributed by atoms with Crippen LogP contribution in [0.2, 0.25) is 0 Å². The van der Waals surface area contributed by atoms with Gasteiger partial charge in [0.25, 0.3) is 5.91 Å². The topological polar surface area (TPSA) is 65.2 Å². The van der Waals surface area contributed by atoms with Crippen molar-refractivity contribution in [3.8, 4) is 11.3 Å². The quantitative estimate of drug-likeness (QED) is 0.378. The number of aromatic nitrogens is 1. The summed E-state index contributed by atoms with van der Waals surface area (Å²) < 4.78 is 14.0. The van der Waals surface area contributed by atoms with Gasteiger partial charge in [0.15, 0.2) is 0 Å². The lowest BCUT2D eigenvalue weighted by Gasteiger charge is -2.15. The van der Waals surface area contributed by atoms with E-state index in [1.807, 2.05) is 59.5 Å². The maximum Gasteiger partial charge on any atom is 0.253 e. The van der Waals surface area contributed by atoms with E-state index in [1.54, 1.807) is 6.07 Å². The van der Waals surface area contributed by atoms with E-state index >= 15 is 0 Å². The third-order valence-electron chi connectivity index (χ3n) is 6.59. The minimum Gasteiger partial charge on any atom is -0.354 e. The molecule has 35 heavy (non-hydrogen) atoms. The van der Waals surface area contributed by atoms with E-state index in [2.05, 4.69) is 10.3 Å². The van der Waals surface area contributed by atoms with E-state index < -0.39 is 0 Å². The highest BCUT2D eigenvalue weighted by Crippen LogP contribution is 2.31. The number of benzene rings is 3. The summed E-state index contributed by atoms with van der Waals surface area (Å²) in [4.78, 5) is 30.7. The lowest BCUT2D eigenvalue weighted by Crippen LogP contribution is -2.28. The standard InChI is InChI=1S/C29H28FN3O2/c30-23-11-13-26-25(18-23)24(28(32-26)21-8-2-1-3-9-21)12-14-27(34)31-19-20-7-6-10-22(17-20)29(35)33-15-4-5-16-33/h1-3,6-11,13,17-18,32H,4-5,12,14-16,19H2,(H,31,34). The molecule has 0 aliphatic carbocycles. The number of aromatic amines is 1. The molecule has 6 heteroatoms. The molecule has 1 saturated heterocycles. The lowest BCUT2D eigenvalue weighted by atomic mass is 10.0. The third kappa shape index (κ3) is 5.11. The van der Waals surface area contributed by atoms with E-state index in [0.717, 1.165) is 59.2 Å². The van der Waals surface area contributed by atoms with Gasteiger partial charge in [-0.1, -0.05) is 42.5 Å². The summed E-state index contributed by atoms with van der Waals surface area (Å²) in [7, 11) is 0. The van der Waals surface area contributed by atoms with E-state index in [-0.39, 0.29) is 24.1 Å². The van der Waals surface area contributed by atoms with E-state index in [1.165, 1.54) is 12.1 Å². The van der Waals surface area contributed by atoms with Crippen molar-refractivity contribution in [2.24, 2.45) is 0 Å². The summed E-state index contributed by atoms with van der Waals surface area (Å²) in [5, 5.41) is 3.76. The second-order valence-corrected chi connectivity index (χ2v) is 9.01. The molecule has 4 aromatic rings. The molecule has 0 unspecified atom stereocenters. The van der Waals surface area contributed by atoms with Gasteiger partial charge in [0, 0.05) is 48.2 Å². The van der Waals surface area contributed by atoms with Crippen molar-refractivity contribution >= 4 is 22.7 Å². The number of likely N-dealkylation sites (tertiary alicyclic amines) is 1. The number of H-pyrrole nitrogens is 1. The normalized spacial score (nSPS) is 13.3. The minimum absolute atomic E-state index is 0.0516. The molecule has 2 N–H and O–H groups in total. The molecule has 2 heterocycles. The summed E-state index contributed by atoms with van der Waals surface area (Å²) in [5.74, 6) is -0.341. The molecule has 5 nitrogen and oxygen atoms in total. The van der Waals surface area contributed by atoms with Crippen LogP contribution in [0.1, 0.15) is 40.7 Å². The third-order valence-corrected chi connectivity index (χ3v) is 6.59. The summed E-state index contributed by atoms with van der Waals surface area (Å²) >= 11 is 0. The Morgan fingerprint density at radius 2 is 1.74 bits per heavy atom. The first-order valence-electron chi connectivity index (χ1n) is 12.1. The van der Waals surface area contributed by atoms with Crippen LogP contribution in [0.5, 0.6) is 0 Å². The fraction of sp³-hybridized carbons (Fsp3) is 0.241. The van der Waals surface area contributed by atoms with Gasteiger partial charge in [-0.05, 0) is 66.3 Å². The average Bonchev–Trinajstić information content (AvgIpc) is 3.55. The number of rotatable bonds is 7. The van der Waals surface area contributed by atoms with Gasteiger partial charge < -0.3 is 15.2 Å². The van der Waals surface area contributed by atoms with E-state index in [4.69, 9.17) is 0 Å². The smallest absolute Gasteiger partial charge is 0.253 e. The van der Waals surface area contributed by atoms with Gasteiger partial charge in [-0.3, -0.25) is 9.59 Å². The number of aryl methyl sites for hydroxylation is 1. The van der Waals surface area contributed by atoms with Crippen molar-refractivity contribution in [1.29, 1.82) is 0 Å². The molecule has 2 amide bonds. The average molecular weight is 470 g/mol. The van der Waals surface area contributed by atoms with Crippen LogP contribution < -0.4 is 5.32 Å². The Balaban J connectivity index is 1.26. The van der Waals surface area contributed by atoms with Crippen LogP contribution >= 0.6 is 0 Å². The largest absolute Gasteiger partial charge is 0.354 e. The first-order valence-corrected chi connectivity index (χ1v) is 12.1. The Bertz CT molecular complexity index is 1360. The zero-order valence-corrected chi connectivity index (χ0v) is 19.5. The van der Waals surface area contributed by atoms with Crippen molar-refractivity contribution < 1.29 is 14.0 Å². The van der Waals surface area contributed by atoms with Crippen molar-refractivity contribution in [1.82, 2.24) is 15.2 Å². The molecule has 0 atom stereocenters. The van der Waals surface area contributed by atoms with E-state index in [0.29, 0.717) is 18.5 Å². The first kappa shape index (κ1) is 22.8. The van der Waals surface area contributed by atoms with Crippen LogP contribution in [0.15, 0.2) is 72.8 Å². The Morgan fingerprint density at radius 3 is 2.54 bits per heavy atom. The molecule has 1 fully saturated rings. The van der Waals surface area contributed by atoms with Crippen molar-refractivity contribution in [3.63, 3.8) is 0 Å². The SMILES string of the molecule is O=C(CCc1c(-c2ccccc2)[nH]c2ccc(F)cc12)NCc1cccc(C(=O)N2CCCC2)c1. The number of nitrogens with one attached hydrogen (secondary N) is 2. The van der Waals surface area contributed by atoms with Crippen LogP contribution in [0.3, 0.4) is 0 Å². The molecule has 1 aromatic heterocycles. The van der Waals surface area contributed by atoms with Crippen LogP contribution in [0.4, 0.5) is 4.39 Å². The highest BCUT2D eigenvalue weighted by atomic mass is 19.1. The summed E-state index contributed by atoms with van der Waals surface area (Å²) in [6.07, 6.45) is 2.86. The van der Waals surface area contributed by atoms with Crippen molar-refractivity contribution in [3.05, 3.63) is 95.3 Å². The predicted octanol–water partition coefficient (Wildman–Crippen LogP) is 5.46. The number of hydrogen-bond donors (Lipinski definition) is 2. The number of nitrogens with zero attached hydrogens (tertiary/aromatic N) is 1. The molecule has 0 saturated carbocycles. The number of carbonyl (C=O) groups excluding carboxylic acids is 2. The number of halogens is 1. The van der Waals surface area contributed by atoms with Crippen molar-refractivity contribution in [2.45, 2.75) is 32.2 Å². The number of hydrogen-bond acceptors (Lipinski definition) is 2. The first-order chi connectivity index (χ1) is 17.1. The molecule has 0 spiro atoms. The van der Waals surface area contributed by atoms with Crippen molar-refractivity contribution in [2.75, 3.05) is 13.1 Å².